The first kappa shape index (κ1) is 17.2. The number of nitrogens with one attached hydrogen (secondary N) is 3. The first-order valence-electron chi connectivity index (χ1n) is 7.03. The number of carbonyl (C=O) groups excluding carboxylic acids is 2. The van der Waals surface area contributed by atoms with Gasteiger partial charge in [0, 0.05) is 18.7 Å². The number of hydrogen-bond donors (Lipinski definition) is 3. The van der Waals surface area contributed by atoms with Gasteiger partial charge in [-0.2, -0.15) is 0 Å². The molecular weight excluding hydrogens is 322 g/mol. The van der Waals surface area contributed by atoms with Gasteiger partial charge in [0.1, 0.15) is 5.75 Å². The molecule has 1 aromatic rings. The van der Waals surface area contributed by atoms with Gasteiger partial charge in [-0.1, -0.05) is 0 Å². The van der Waals surface area contributed by atoms with Crippen LogP contribution in [0.2, 0.25) is 0 Å². The standard InChI is InChI=1S/C14H19N3O5S/c1-15-23(20,21)6-5-16-14(19)11-8-13(18)17-12-4-3-9(22-2)7-10(11)12/h3-4,7,11,15H,5-6,8H2,1-2H3,(H,16,19)(H,17,18)/t11-/m1/s1. The SMILES string of the molecule is CNS(=O)(=O)CCNC(=O)[C@@H]1CC(=O)Nc2ccc(OC)cc21. The molecule has 1 aliphatic rings. The van der Waals surface area contributed by atoms with Gasteiger partial charge in [0.15, 0.2) is 0 Å². The van der Waals surface area contributed by atoms with Crippen molar-refractivity contribution in [2.45, 2.75) is 12.3 Å². The Hall–Kier alpha value is -2.13. The van der Waals surface area contributed by atoms with Crippen LogP contribution in [0.4, 0.5) is 5.69 Å². The van der Waals surface area contributed by atoms with E-state index in [0.29, 0.717) is 17.0 Å². The van der Waals surface area contributed by atoms with E-state index < -0.39 is 15.9 Å². The highest BCUT2D eigenvalue weighted by molar-refractivity contribution is 7.89. The minimum Gasteiger partial charge on any atom is -0.497 e. The van der Waals surface area contributed by atoms with Crippen LogP contribution in [0.1, 0.15) is 17.9 Å². The molecule has 0 spiro atoms. The Bertz CT molecular complexity index is 717. The zero-order valence-electron chi connectivity index (χ0n) is 12.9. The Morgan fingerprint density at radius 3 is 2.83 bits per heavy atom. The molecule has 9 heteroatoms. The van der Waals surface area contributed by atoms with Crippen LogP contribution in [0.3, 0.4) is 0 Å². The summed E-state index contributed by atoms with van der Waals surface area (Å²) in [5.74, 6) is -0.966. The molecule has 1 aromatic carbocycles. The molecule has 0 unspecified atom stereocenters. The summed E-state index contributed by atoms with van der Waals surface area (Å²) >= 11 is 0. The van der Waals surface area contributed by atoms with E-state index in [9.17, 15) is 18.0 Å². The van der Waals surface area contributed by atoms with E-state index in [1.807, 2.05) is 0 Å². The normalized spacial score (nSPS) is 17.1. The number of ether oxygens (including phenoxy) is 1. The van der Waals surface area contributed by atoms with Crippen LogP contribution in [-0.2, 0) is 19.6 Å². The van der Waals surface area contributed by atoms with Crippen LogP contribution >= 0.6 is 0 Å². The summed E-state index contributed by atoms with van der Waals surface area (Å²) in [7, 11) is -0.566. The smallest absolute Gasteiger partial charge is 0.228 e. The van der Waals surface area contributed by atoms with Crippen LogP contribution in [0.15, 0.2) is 18.2 Å². The van der Waals surface area contributed by atoms with E-state index in [-0.39, 0.29) is 30.5 Å². The van der Waals surface area contributed by atoms with Crippen LogP contribution in [0.5, 0.6) is 5.75 Å². The predicted molar refractivity (Wildman–Crippen MR) is 84.8 cm³/mol. The van der Waals surface area contributed by atoms with E-state index in [1.165, 1.54) is 14.2 Å². The maximum Gasteiger partial charge on any atom is 0.228 e. The van der Waals surface area contributed by atoms with Crippen LogP contribution in [0, 0.1) is 0 Å². The number of anilines is 1. The molecule has 0 aromatic heterocycles. The number of rotatable bonds is 6. The van der Waals surface area contributed by atoms with Crippen molar-refractivity contribution in [2.24, 2.45) is 0 Å². The van der Waals surface area contributed by atoms with Crippen molar-refractivity contribution in [2.75, 3.05) is 31.8 Å². The third kappa shape index (κ3) is 4.20. The molecule has 1 aliphatic heterocycles. The lowest BCUT2D eigenvalue weighted by Gasteiger charge is -2.25. The molecule has 0 bridgehead atoms. The average Bonchev–Trinajstić information content (AvgIpc) is 2.53. The first-order valence-corrected chi connectivity index (χ1v) is 8.68. The number of methoxy groups -OCH3 is 1. The van der Waals surface area contributed by atoms with Crippen molar-refractivity contribution < 1.29 is 22.7 Å². The van der Waals surface area contributed by atoms with Gasteiger partial charge in [-0.15, -0.1) is 0 Å². The van der Waals surface area contributed by atoms with E-state index >= 15 is 0 Å². The van der Waals surface area contributed by atoms with Crippen molar-refractivity contribution in [1.82, 2.24) is 10.0 Å². The second kappa shape index (κ2) is 6.97. The summed E-state index contributed by atoms with van der Waals surface area (Å²) in [5, 5.41) is 5.27. The third-order valence-corrected chi connectivity index (χ3v) is 4.96. The molecule has 126 valence electrons. The molecule has 3 N–H and O–H groups in total. The molecule has 0 saturated heterocycles. The maximum absolute atomic E-state index is 12.3. The summed E-state index contributed by atoms with van der Waals surface area (Å²) in [6, 6.07) is 5.07. The number of fused-ring (bicyclic) bond motifs is 1. The van der Waals surface area contributed by atoms with Crippen molar-refractivity contribution in [1.29, 1.82) is 0 Å². The Morgan fingerprint density at radius 1 is 1.43 bits per heavy atom. The number of hydrogen-bond acceptors (Lipinski definition) is 5. The van der Waals surface area contributed by atoms with Crippen molar-refractivity contribution in [3.63, 3.8) is 0 Å². The molecule has 1 heterocycles. The largest absolute Gasteiger partial charge is 0.497 e. The van der Waals surface area contributed by atoms with Gasteiger partial charge in [0.05, 0.1) is 18.8 Å². The second-order valence-electron chi connectivity index (χ2n) is 5.07. The first-order chi connectivity index (χ1) is 10.9. The molecule has 0 radical (unpaired) electrons. The lowest BCUT2D eigenvalue weighted by Crippen LogP contribution is -2.38. The number of sulfonamides is 1. The number of carbonyl (C=O) groups is 2. The highest BCUT2D eigenvalue weighted by atomic mass is 32.2. The van der Waals surface area contributed by atoms with E-state index in [1.54, 1.807) is 18.2 Å². The second-order valence-corrected chi connectivity index (χ2v) is 7.12. The molecule has 2 amide bonds. The predicted octanol–water partition coefficient (Wildman–Crippen LogP) is -0.214. The van der Waals surface area contributed by atoms with Crippen molar-refractivity contribution in [3.8, 4) is 5.75 Å². The topological polar surface area (TPSA) is 114 Å². The maximum atomic E-state index is 12.3. The molecule has 0 aliphatic carbocycles. The van der Waals surface area contributed by atoms with Gasteiger partial charge in [0.2, 0.25) is 21.8 Å². The molecule has 0 fully saturated rings. The molecule has 1 atom stereocenters. The summed E-state index contributed by atoms with van der Waals surface area (Å²) in [6.07, 6.45) is 0.00474. The lowest BCUT2D eigenvalue weighted by molar-refractivity contribution is -0.126. The van der Waals surface area contributed by atoms with Gasteiger partial charge in [-0.25, -0.2) is 13.1 Å². The van der Waals surface area contributed by atoms with Gasteiger partial charge >= 0.3 is 0 Å². The Labute approximate surface area is 134 Å². The number of amides is 2. The van der Waals surface area contributed by atoms with Crippen molar-refractivity contribution >= 4 is 27.5 Å². The molecular formula is C14H19N3O5S. The minimum absolute atomic E-state index is 0.00474. The van der Waals surface area contributed by atoms with Gasteiger partial charge in [-0.05, 0) is 30.8 Å². The average molecular weight is 341 g/mol. The van der Waals surface area contributed by atoms with Crippen LogP contribution in [0.25, 0.3) is 0 Å². The highest BCUT2D eigenvalue weighted by Crippen LogP contribution is 2.34. The highest BCUT2D eigenvalue weighted by Gasteiger charge is 2.31. The Balaban J connectivity index is 2.13. The van der Waals surface area contributed by atoms with Crippen molar-refractivity contribution in [3.05, 3.63) is 23.8 Å². The van der Waals surface area contributed by atoms with Gasteiger partial charge in [0.25, 0.3) is 0 Å². The molecule has 23 heavy (non-hydrogen) atoms. The molecule has 0 saturated carbocycles. The summed E-state index contributed by atoms with van der Waals surface area (Å²) in [4.78, 5) is 24.1. The van der Waals surface area contributed by atoms with E-state index in [0.717, 1.165) is 0 Å². The van der Waals surface area contributed by atoms with E-state index in [4.69, 9.17) is 4.74 Å². The Kier molecular flexibility index (Phi) is 5.22. The van der Waals surface area contributed by atoms with Gasteiger partial charge < -0.3 is 15.4 Å². The lowest BCUT2D eigenvalue weighted by atomic mass is 9.89. The van der Waals surface area contributed by atoms with E-state index in [2.05, 4.69) is 15.4 Å². The zero-order chi connectivity index (χ0) is 17.0. The summed E-state index contributed by atoms with van der Waals surface area (Å²) in [6.45, 7) is -0.0283. The molecule has 2 rings (SSSR count). The molecule has 8 nitrogen and oxygen atoms in total. The minimum atomic E-state index is -3.39. The summed E-state index contributed by atoms with van der Waals surface area (Å²) < 4.78 is 30.0. The fraction of sp³-hybridized carbons (Fsp3) is 0.429. The van der Waals surface area contributed by atoms with Crippen LogP contribution in [-0.4, -0.2) is 46.7 Å². The monoisotopic (exact) mass is 341 g/mol. The fourth-order valence-corrected chi connectivity index (χ4v) is 2.91. The third-order valence-electron chi connectivity index (χ3n) is 3.60. The Morgan fingerprint density at radius 2 is 2.17 bits per heavy atom. The zero-order valence-corrected chi connectivity index (χ0v) is 13.7. The number of benzene rings is 1. The van der Waals surface area contributed by atoms with Crippen LogP contribution < -0.4 is 20.1 Å². The fourth-order valence-electron chi connectivity index (χ4n) is 2.33. The quantitative estimate of drug-likeness (QED) is 0.662. The van der Waals surface area contributed by atoms with Gasteiger partial charge in [-0.3, -0.25) is 9.59 Å². The summed E-state index contributed by atoms with van der Waals surface area (Å²) in [5.41, 5.74) is 1.21.